The van der Waals surface area contributed by atoms with Crippen LogP contribution >= 0.6 is 0 Å². The first-order chi connectivity index (χ1) is 9.27. The van der Waals surface area contributed by atoms with Gasteiger partial charge in [-0.05, 0) is 30.1 Å². The standard InChI is InChI=1S/C19H36/c1-16-10-6-8-13-18(14-9-7-11-16)19-15-5-3-4-12-17(19)2/h16-19H,3-15H2,1-2H3. The first kappa shape index (κ1) is 15.4. The van der Waals surface area contributed by atoms with E-state index in [1.54, 1.807) is 19.3 Å². The maximum absolute atomic E-state index is 2.55. The van der Waals surface area contributed by atoms with Crippen molar-refractivity contribution in [1.82, 2.24) is 0 Å². The molecule has 0 N–H and O–H groups in total. The molecule has 0 bridgehead atoms. The summed E-state index contributed by atoms with van der Waals surface area (Å²) in [5.74, 6) is 4.14. The Labute approximate surface area is 121 Å². The van der Waals surface area contributed by atoms with Crippen molar-refractivity contribution in [3.63, 3.8) is 0 Å². The van der Waals surface area contributed by atoms with Gasteiger partial charge in [0.15, 0.2) is 0 Å². The molecule has 2 aliphatic rings. The predicted octanol–water partition coefficient (Wildman–Crippen LogP) is 6.59. The highest BCUT2D eigenvalue weighted by atomic mass is 14.3. The third-order valence-electron chi connectivity index (χ3n) is 6.08. The molecule has 2 atom stereocenters. The van der Waals surface area contributed by atoms with E-state index in [0.717, 1.165) is 23.7 Å². The summed E-state index contributed by atoms with van der Waals surface area (Å²) in [6.45, 7) is 5.02. The fraction of sp³-hybridized carbons (Fsp3) is 1.00. The van der Waals surface area contributed by atoms with Crippen LogP contribution in [0.15, 0.2) is 0 Å². The SMILES string of the molecule is CC1CCCCC(C2CCCCCC2C)CCCC1. The minimum absolute atomic E-state index is 0.994. The minimum Gasteiger partial charge on any atom is -0.0625 e. The monoisotopic (exact) mass is 264 g/mol. The lowest BCUT2D eigenvalue weighted by Gasteiger charge is -2.32. The van der Waals surface area contributed by atoms with E-state index < -0.39 is 0 Å². The molecule has 0 aliphatic heterocycles. The van der Waals surface area contributed by atoms with Crippen LogP contribution in [-0.2, 0) is 0 Å². The zero-order valence-electron chi connectivity index (χ0n) is 13.5. The molecule has 19 heavy (non-hydrogen) atoms. The van der Waals surface area contributed by atoms with Gasteiger partial charge in [0, 0.05) is 0 Å². The largest absolute Gasteiger partial charge is 0.0625 e. The Hall–Kier alpha value is 0. The van der Waals surface area contributed by atoms with Gasteiger partial charge in [-0.25, -0.2) is 0 Å². The molecule has 0 aromatic rings. The van der Waals surface area contributed by atoms with Gasteiger partial charge in [-0.3, -0.25) is 0 Å². The molecular weight excluding hydrogens is 228 g/mol. The van der Waals surface area contributed by atoms with Crippen LogP contribution in [0.4, 0.5) is 0 Å². The maximum Gasteiger partial charge on any atom is -0.0360 e. The number of hydrogen-bond acceptors (Lipinski definition) is 0. The van der Waals surface area contributed by atoms with E-state index in [1.807, 2.05) is 0 Å². The predicted molar refractivity (Wildman–Crippen MR) is 85.3 cm³/mol. The number of rotatable bonds is 1. The molecule has 0 saturated heterocycles. The van der Waals surface area contributed by atoms with Crippen molar-refractivity contribution in [3.05, 3.63) is 0 Å². The summed E-state index contributed by atoms with van der Waals surface area (Å²) in [5.41, 5.74) is 0. The van der Waals surface area contributed by atoms with E-state index >= 15 is 0 Å². The molecule has 2 fully saturated rings. The molecule has 2 unspecified atom stereocenters. The van der Waals surface area contributed by atoms with Crippen molar-refractivity contribution in [2.75, 3.05) is 0 Å². The van der Waals surface area contributed by atoms with Gasteiger partial charge in [0.1, 0.15) is 0 Å². The first-order valence-electron chi connectivity index (χ1n) is 9.27. The van der Waals surface area contributed by atoms with Crippen LogP contribution in [-0.4, -0.2) is 0 Å². The Morgan fingerprint density at radius 1 is 0.526 bits per heavy atom. The van der Waals surface area contributed by atoms with Crippen molar-refractivity contribution in [2.24, 2.45) is 23.7 Å². The zero-order valence-corrected chi connectivity index (χ0v) is 13.5. The summed E-state index contributed by atoms with van der Waals surface area (Å²) in [4.78, 5) is 0. The average Bonchev–Trinajstić information content (AvgIpc) is 2.62. The van der Waals surface area contributed by atoms with Crippen LogP contribution in [0.5, 0.6) is 0 Å². The van der Waals surface area contributed by atoms with Gasteiger partial charge in [0.05, 0.1) is 0 Å². The highest BCUT2D eigenvalue weighted by Gasteiger charge is 2.27. The second-order valence-electron chi connectivity index (χ2n) is 7.71. The van der Waals surface area contributed by atoms with Gasteiger partial charge < -0.3 is 0 Å². The van der Waals surface area contributed by atoms with Crippen molar-refractivity contribution in [3.8, 4) is 0 Å². The van der Waals surface area contributed by atoms with Crippen molar-refractivity contribution >= 4 is 0 Å². The second kappa shape index (κ2) is 8.32. The zero-order chi connectivity index (χ0) is 13.5. The summed E-state index contributed by atoms with van der Waals surface area (Å²) in [6, 6.07) is 0. The molecule has 2 saturated carbocycles. The normalized spacial score (nSPS) is 39.5. The third kappa shape index (κ3) is 5.12. The highest BCUT2D eigenvalue weighted by molar-refractivity contribution is 4.78. The van der Waals surface area contributed by atoms with Gasteiger partial charge in [-0.2, -0.15) is 0 Å². The molecule has 0 amide bonds. The molecule has 0 aromatic carbocycles. The molecule has 0 heterocycles. The van der Waals surface area contributed by atoms with E-state index in [-0.39, 0.29) is 0 Å². The van der Waals surface area contributed by atoms with E-state index in [4.69, 9.17) is 0 Å². The van der Waals surface area contributed by atoms with Gasteiger partial charge in [-0.15, -0.1) is 0 Å². The second-order valence-corrected chi connectivity index (χ2v) is 7.71. The lowest BCUT2D eigenvalue weighted by Crippen LogP contribution is -2.22. The summed E-state index contributed by atoms with van der Waals surface area (Å²) >= 11 is 0. The molecular formula is C19H36. The van der Waals surface area contributed by atoms with Crippen molar-refractivity contribution in [2.45, 2.75) is 97.3 Å². The number of hydrogen-bond donors (Lipinski definition) is 0. The molecule has 0 heteroatoms. The van der Waals surface area contributed by atoms with Gasteiger partial charge in [-0.1, -0.05) is 90.9 Å². The Kier molecular flexibility index (Phi) is 6.74. The Morgan fingerprint density at radius 2 is 1.05 bits per heavy atom. The molecule has 0 aromatic heterocycles. The molecule has 112 valence electrons. The third-order valence-corrected chi connectivity index (χ3v) is 6.08. The average molecular weight is 264 g/mol. The van der Waals surface area contributed by atoms with Crippen LogP contribution in [0.3, 0.4) is 0 Å². The minimum atomic E-state index is 0.994. The maximum atomic E-state index is 2.55. The fourth-order valence-electron chi connectivity index (χ4n) is 4.74. The van der Waals surface area contributed by atoms with Crippen LogP contribution in [0.2, 0.25) is 0 Å². The molecule has 2 rings (SSSR count). The van der Waals surface area contributed by atoms with Gasteiger partial charge >= 0.3 is 0 Å². The van der Waals surface area contributed by atoms with Gasteiger partial charge in [0.2, 0.25) is 0 Å². The summed E-state index contributed by atoms with van der Waals surface area (Å²) < 4.78 is 0. The molecule has 2 aliphatic carbocycles. The first-order valence-corrected chi connectivity index (χ1v) is 9.27. The Bertz CT molecular complexity index is 220. The Balaban J connectivity index is 1.88. The van der Waals surface area contributed by atoms with Crippen LogP contribution in [0.25, 0.3) is 0 Å². The van der Waals surface area contributed by atoms with Crippen LogP contribution in [0.1, 0.15) is 97.3 Å². The van der Waals surface area contributed by atoms with E-state index in [0.29, 0.717) is 0 Å². The van der Waals surface area contributed by atoms with E-state index in [9.17, 15) is 0 Å². The smallest absolute Gasteiger partial charge is 0.0360 e. The molecule has 0 nitrogen and oxygen atoms in total. The topological polar surface area (TPSA) is 0 Å². The Morgan fingerprint density at radius 3 is 1.74 bits per heavy atom. The van der Waals surface area contributed by atoms with E-state index in [2.05, 4.69) is 13.8 Å². The quantitative estimate of drug-likeness (QED) is 0.469. The van der Waals surface area contributed by atoms with Crippen LogP contribution in [0, 0.1) is 23.7 Å². The van der Waals surface area contributed by atoms with E-state index in [1.165, 1.54) is 64.2 Å². The molecule has 0 radical (unpaired) electrons. The lowest BCUT2D eigenvalue weighted by atomic mass is 9.74. The highest BCUT2D eigenvalue weighted by Crippen LogP contribution is 2.39. The summed E-state index contributed by atoms with van der Waals surface area (Å²) in [5, 5.41) is 0. The van der Waals surface area contributed by atoms with Gasteiger partial charge in [0.25, 0.3) is 0 Å². The van der Waals surface area contributed by atoms with Crippen molar-refractivity contribution < 1.29 is 0 Å². The van der Waals surface area contributed by atoms with Crippen LogP contribution < -0.4 is 0 Å². The summed E-state index contributed by atoms with van der Waals surface area (Å²) in [7, 11) is 0. The van der Waals surface area contributed by atoms with Crippen molar-refractivity contribution in [1.29, 1.82) is 0 Å². The lowest BCUT2D eigenvalue weighted by molar-refractivity contribution is 0.189. The summed E-state index contributed by atoms with van der Waals surface area (Å²) in [6.07, 6.45) is 19.7. The fourth-order valence-corrected chi connectivity index (χ4v) is 4.74. The molecule has 0 spiro atoms.